The summed E-state index contributed by atoms with van der Waals surface area (Å²) >= 11 is 0. The van der Waals surface area contributed by atoms with Gasteiger partial charge in [-0.25, -0.2) is 0 Å². The first kappa shape index (κ1) is 31.5. The van der Waals surface area contributed by atoms with Gasteiger partial charge in [0, 0.05) is 31.8 Å². The Hall–Kier alpha value is -4.48. The maximum atomic E-state index is 14.8. The third kappa shape index (κ3) is 5.80. The monoisotopic (exact) mass is 629 g/mol. The highest BCUT2D eigenvalue weighted by Crippen LogP contribution is 2.56. The van der Waals surface area contributed by atoms with Crippen molar-refractivity contribution in [2.75, 3.05) is 38.3 Å². The standard InChI is InChI=1S/C35H39N3O8/c1-44-25-15-13-24(14-16-25)37-19-7-3-6-12-28(40)36-22-27(23-10-4-2-5-11-23)45-34(43)29-26-17-18-35(46-26)30(29)32(41)38(20-8-9-21-39)31(35)33(37)42/h2-5,7,10-11,13-18,26-27,29-31,39H,6,8-9,12,19-22H2,1H3,(H,36,40)/b7-3-/t26-,27-,29+,30+,31-,35+/m0/s1. The second-order valence-corrected chi connectivity index (χ2v) is 12.0. The number of esters is 1. The molecule has 0 aromatic heterocycles. The number of hydrogen-bond acceptors (Lipinski definition) is 8. The number of ether oxygens (including phenoxy) is 3. The van der Waals surface area contributed by atoms with Crippen LogP contribution in [0.4, 0.5) is 5.69 Å². The molecule has 0 aliphatic carbocycles. The van der Waals surface area contributed by atoms with Crippen molar-refractivity contribution < 1.29 is 38.5 Å². The lowest BCUT2D eigenvalue weighted by atomic mass is 9.74. The number of methoxy groups -OCH3 is 1. The van der Waals surface area contributed by atoms with Crippen LogP contribution in [0.15, 0.2) is 78.9 Å². The maximum Gasteiger partial charge on any atom is 0.313 e. The number of hydrogen-bond donors (Lipinski definition) is 2. The number of amides is 3. The number of aliphatic hydroxyl groups excluding tert-OH is 1. The van der Waals surface area contributed by atoms with E-state index in [1.807, 2.05) is 42.5 Å². The molecule has 2 saturated heterocycles. The number of aliphatic hydroxyl groups is 1. The Kier molecular flexibility index (Phi) is 9.23. The van der Waals surface area contributed by atoms with Crippen molar-refractivity contribution >= 4 is 29.4 Å². The van der Waals surface area contributed by atoms with E-state index in [1.54, 1.807) is 48.4 Å². The number of nitrogens with zero attached hydrogens (tertiary/aromatic N) is 2. The van der Waals surface area contributed by atoms with Crippen LogP contribution >= 0.6 is 0 Å². The molecule has 0 radical (unpaired) electrons. The van der Waals surface area contributed by atoms with Crippen LogP contribution < -0.4 is 15.0 Å². The number of carbonyl (C=O) groups is 4. The summed E-state index contributed by atoms with van der Waals surface area (Å²) in [6.45, 7) is 0.401. The van der Waals surface area contributed by atoms with E-state index in [1.165, 1.54) is 4.90 Å². The zero-order chi connectivity index (χ0) is 32.3. The van der Waals surface area contributed by atoms with Crippen LogP contribution in [0.5, 0.6) is 5.75 Å². The normalized spacial score (nSPS) is 30.3. The lowest BCUT2D eigenvalue weighted by Gasteiger charge is -2.36. The van der Waals surface area contributed by atoms with Crippen LogP contribution in [0, 0.1) is 11.8 Å². The summed E-state index contributed by atoms with van der Waals surface area (Å²) in [6, 6.07) is 15.1. The van der Waals surface area contributed by atoms with E-state index in [9.17, 15) is 24.3 Å². The molecule has 11 nitrogen and oxygen atoms in total. The highest BCUT2D eigenvalue weighted by Gasteiger charge is 2.73. The summed E-state index contributed by atoms with van der Waals surface area (Å²) in [6.07, 6.45) is 7.22. The molecule has 2 fully saturated rings. The molecule has 46 heavy (non-hydrogen) atoms. The summed E-state index contributed by atoms with van der Waals surface area (Å²) in [5.74, 6) is -2.89. The number of likely N-dealkylation sites (tertiary alicyclic amines) is 1. The largest absolute Gasteiger partial charge is 0.497 e. The Morgan fingerprint density at radius 1 is 1.00 bits per heavy atom. The number of rotatable bonds is 7. The predicted octanol–water partition coefficient (Wildman–Crippen LogP) is 2.70. The maximum absolute atomic E-state index is 14.8. The Morgan fingerprint density at radius 3 is 2.52 bits per heavy atom. The molecule has 0 saturated carbocycles. The van der Waals surface area contributed by atoms with Gasteiger partial charge < -0.3 is 34.4 Å². The molecule has 4 aliphatic heterocycles. The van der Waals surface area contributed by atoms with Gasteiger partial charge in [-0.05, 0) is 49.1 Å². The van der Waals surface area contributed by atoms with Crippen LogP contribution in [0.2, 0.25) is 0 Å². The van der Waals surface area contributed by atoms with Gasteiger partial charge in [-0.2, -0.15) is 0 Å². The van der Waals surface area contributed by atoms with Crippen molar-refractivity contribution in [1.29, 1.82) is 0 Å². The molecule has 242 valence electrons. The predicted molar refractivity (Wildman–Crippen MR) is 168 cm³/mol. The van der Waals surface area contributed by atoms with E-state index in [4.69, 9.17) is 14.2 Å². The SMILES string of the molecule is COc1ccc(N2C/C=C\CCC(=O)NC[C@@H](c3ccccc3)OC(=O)[C@@H]3[C@@H]4C=C[C@]5(O4)[C@H](C2=O)N(CCCCO)C(=O)[C@@H]35)cc1. The van der Waals surface area contributed by atoms with Gasteiger partial charge in [0.2, 0.25) is 11.8 Å². The van der Waals surface area contributed by atoms with E-state index in [0.717, 1.165) is 0 Å². The van der Waals surface area contributed by atoms with Crippen molar-refractivity contribution in [3.63, 3.8) is 0 Å². The topological polar surface area (TPSA) is 135 Å². The molecule has 1 spiro atoms. The van der Waals surface area contributed by atoms with Crippen molar-refractivity contribution in [3.8, 4) is 5.75 Å². The van der Waals surface area contributed by atoms with Gasteiger partial charge in [0.05, 0.1) is 25.7 Å². The van der Waals surface area contributed by atoms with Crippen molar-refractivity contribution in [2.45, 2.75) is 49.5 Å². The summed E-state index contributed by atoms with van der Waals surface area (Å²) in [5.41, 5.74) is -0.0811. The van der Waals surface area contributed by atoms with Gasteiger partial charge in [-0.3, -0.25) is 19.2 Å². The van der Waals surface area contributed by atoms with E-state index >= 15 is 0 Å². The molecule has 0 unspecified atom stereocenters. The molecule has 6 rings (SSSR count). The molecule has 2 N–H and O–H groups in total. The zero-order valence-corrected chi connectivity index (χ0v) is 25.7. The number of cyclic esters (lactones) is 1. The van der Waals surface area contributed by atoms with Gasteiger partial charge in [-0.15, -0.1) is 0 Å². The Labute approximate surface area is 267 Å². The third-order valence-corrected chi connectivity index (χ3v) is 9.24. The second kappa shape index (κ2) is 13.5. The molecular formula is C35H39N3O8. The van der Waals surface area contributed by atoms with Gasteiger partial charge in [-0.1, -0.05) is 54.6 Å². The molecule has 6 atom stereocenters. The molecular weight excluding hydrogens is 590 g/mol. The smallest absolute Gasteiger partial charge is 0.313 e. The molecule has 4 aliphatic rings. The van der Waals surface area contributed by atoms with E-state index < -0.39 is 41.7 Å². The third-order valence-electron chi connectivity index (χ3n) is 9.24. The first-order valence-electron chi connectivity index (χ1n) is 15.8. The lowest BCUT2D eigenvalue weighted by Crippen LogP contribution is -2.56. The number of benzene rings is 2. The van der Waals surface area contributed by atoms with Crippen LogP contribution in [0.3, 0.4) is 0 Å². The number of carbonyl (C=O) groups excluding carboxylic acids is 4. The van der Waals surface area contributed by atoms with E-state index in [2.05, 4.69) is 5.32 Å². The fraction of sp³-hybridized carbons (Fsp3) is 0.429. The number of allylic oxidation sites excluding steroid dienone is 1. The van der Waals surface area contributed by atoms with Gasteiger partial charge in [0.25, 0.3) is 5.91 Å². The molecule has 5 bridgehead atoms. The highest BCUT2D eigenvalue weighted by atomic mass is 16.6. The minimum Gasteiger partial charge on any atom is -0.497 e. The minimum atomic E-state index is -1.37. The number of fused-ring (bicyclic) bond motifs is 2. The summed E-state index contributed by atoms with van der Waals surface area (Å²) < 4.78 is 17.9. The number of nitrogens with one attached hydrogen (secondary N) is 1. The summed E-state index contributed by atoms with van der Waals surface area (Å²) in [5, 5.41) is 12.4. The summed E-state index contributed by atoms with van der Waals surface area (Å²) in [4.78, 5) is 59.0. The van der Waals surface area contributed by atoms with Crippen molar-refractivity contribution in [2.24, 2.45) is 11.8 Å². The average Bonchev–Trinajstić information content (AvgIpc) is 3.72. The molecule has 4 heterocycles. The molecule has 11 heteroatoms. The van der Waals surface area contributed by atoms with Crippen LogP contribution in [-0.2, 0) is 28.7 Å². The number of unbranched alkanes of at least 4 members (excludes halogenated alkanes) is 1. The van der Waals surface area contributed by atoms with E-state index in [-0.39, 0.29) is 50.4 Å². The lowest BCUT2D eigenvalue weighted by molar-refractivity contribution is -0.159. The van der Waals surface area contributed by atoms with Crippen LogP contribution in [0.1, 0.15) is 37.4 Å². The summed E-state index contributed by atoms with van der Waals surface area (Å²) in [7, 11) is 1.56. The van der Waals surface area contributed by atoms with Crippen molar-refractivity contribution in [3.05, 3.63) is 84.5 Å². The highest BCUT2D eigenvalue weighted by molar-refractivity contribution is 6.05. The minimum absolute atomic E-state index is 0.0528. The Bertz CT molecular complexity index is 1510. The van der Waals surface area contributed by atoms with Crippen molar-refractivity contribution in [1.82, 2.24) is 10.2 Å². The van der Waals surface area contributed by atoms with Gasteiger partial charge >= 0.3 is 5.97 Å². The number of anilines is 1. The fourth-order valence-corrected chi connectivity index (χ4v) is 7.00. The van der Waals surface area contributed by atoms with E-state index in [0.29, 0.717) is 36.3 Å². The Balaban J connectivity index is 1.41. The quantitative estimate of drug-likeness (QED) is 0.271. The molecule has 2 aromatic rings. The van der Waals surface area contributed by atoms with Gasteiger partial charge in [0.1, 0.15) is 29.4 Å². The van der Waals surface area contributed by atoms with Gasteiger partial charge in [0.15, 0.2) is 0 Å². The zero-order valence-electron chi connectivity index (χ0n) is 25.7. The fourth-order valence-electron chi connectivity index (χ4n) is 7.00. The Morgan fingerprint density at radius 2 is 1.78 bits per heavy atom. The molecule has 2 aromatic carbocycles. The first-order valence-corrected chi connectivity index (χ1v) is 15.8. The van der Waals surface area contributed by atoms with Crippen LogP contribution in [-0.4, -0.2) is 84.8 Å². The second-order valence-electron chi connectivity index (χ2n) is 12.0. The first-order chi connectivity index (χ1) is 22.4. The average molecular weight is 630 g/mol. The van der Waals surface area contributed by atoms with Crippen LogP contribution in [0.25, 0.3) is 0 Å². The molecule has 3 amide bonds.